The van der Waals surface area contributed by atoms with E-state index in [1.807, 2.05) is 0 Å². The molecule has 0 fully saturated rings. The summed E-state index contributed by atoms with van der Waals surface area (Å²) in [6.07, 6.45) is 11.8. The lowest BCUT2D eigenvalue weighted by molar-refractivity contribution is 1.05. The Bertz CT molecular complexity index is 444. The Hall–Kier alpha value is -0.180. The standard InChI is InChI=1S/C18H28P2/c1-13(19(3)4)15-9-7-11-17(15)18-12-8-10-16(18)14(2)20(5)6/h7-10,13-14H,11-12H2,1-6H3/t13-,14-/m1/s1. The summed E-state index contributed by atoms with van der Waals surface area (Å²) < 4.78 is 0. The third kappa shape index (κ3) is 3.18. The zero-order chi connectivity index (χ0) is 14.9. The lowest BCUT2D eigenvalue weighted by atomic mass is 9.95. The highest BCUT2D eigenvalue weighted by molar-refractivity contribution is 7.57. The van der Waals surface area contributed by atoms with Gasteiger partial charge in [0.05, 0.1) is 0 Å². The highest BCUT2D eigenvalue weighted by atomic mass is 31.1. The van der Waals surface area contributed by atoms with Crippen LogP contribution < -0.4 is 0 Å². The first-order valence-corrected chi connectivity index (χ1v) is 12.2. The summed E-state index contributed by atoms with van der Waals surface area (Å²) in [7, 11) is 0.192. The largest absolute Gasteiger partial charge is 0.106 e. The quantitative estimate of drug-likeness (QED) is 0.566. The van der Waals surface area contributed by atoms with Crippen molar-refractivity contribution in [2.75, 3.05) is 26.7 Å². The van der Waals surface area contributed by atoms with Crippen LogP contribution in [-0.4, -0.2) is 38.0 Å². The Morgan fingerprint density at radius 2 is 1.10 bits per heavy atom. The molecular weight excluding hydrogens is 278 g/mol. The van der Waals surface area contributed by atoms with Gasteiger partial charge in [0, 0.05) is 11.3 Å². The molecule has 2 aliphatic rings. The van der Waals surface area contributed by atoms with Crippen LogP contribution >= 0.6 is 15.8 Å². The number of allylic oxidation sites excluding steroid dienone is 8. The summed E-state index contributed by atoms with van der Waals surface area (Å²) in [5.41, 5.74) is 8.01. The smallest absolute Gasteiger partial charge is 0.00113 e. The SMILES string of the molecule is C[C@H](C1=C(C2=C([C@@H](C)P(C)C)C=CC2)CC=C1)P(C)C. The molecule has 0 aromatic carbocycles. The molecule has 0 N–H and O–H groups in total. The molecule has 0 aromatic rings. The highest BCUT2D eigenvalue weighted by Gasteiger charge is 2.25. The summed E-state index contributed by atoms with van der Waals surface area (Å²) in [5.74, 6) is 0. The van der Waals surface area contributed by atoms with Gasteiger partial charge in [-0.2, -0.15) is 0 Å². The summed E-state index contributed by atoms with van der Waals surface area (Å²) >= 11 is 0. The highest BCUT2D eigenvalue weighted by Crippen LogP contribution is 2.47. The van der Waals surface area contributed by atoms with Crippen molar-refractivity contribution < 1.29 is 0 Å². The van der Waals surface area contributed by atoms with Gasteiger partial charge in [0.25, 0.3) is 0 Å². The predicted molar refractivity (Wildman–Crippen MR) is 98.0 cm³/mol. The molecule has 0 aliphatic heterocycles. The van der Waals surface area contributed by atoms with Gasteiger partial charge in [0.2, 0.25) is 0 Å². The fraction of sp³-hybridized carbons (Fsp3) is 0.556. The molecule has 0 heterocycles. The zero-order valence-electron chi connectivity index (χ0n) is 13.8. The van der Waals surface area contributed by atoms with E-state index in [2.05, 4.69) is 64.8 Å². The van der Waals surface area contributed by atoms with Gasteiger partial charge in [-0.25, -0.2) is 0 Å². The van der Waals surface area contributed by atoms with E-state index in [1.165, 1.54) is 0 Å². The van der Waals surface area contributed by atoms with Crippen molar-refractivity contribution in [3.63, 3.8) is 0 Å². The van der Waals surface area contributed by atoms with Gasteiger partial charge in [-0.15, -0.1) is 15.8 Å². The second-order valence-electron chi connectivity index (χ2n) is 6.36. The fourth-order valence-electron chi connectivity index (χ4n) is 2.98. The van der Waals surface area contributed by atoms with Gasteiger partial charge in [0.1, 0.15) is 0 Å². The molecule has 2 rings (SSSR count). The first kappa shape index (κ1) is 16.2. The Balaban J connectivity index is 2.39. The molecule has 20 heavy (non-hydrogen) atoms. The first-order chi connectivity index (χ1) is 9.43. The molecule has 2 atom stereocenters. The topological polar surface area (TPSA) is 0 Å². The Labute approximate surface area is 127 Å². The summed E-state index contributed by atoms with van der Waals surface area (Å²) in [6, 6.07) is 0. The van der Waals surface area contributed by atoms with Crippen molar-refractivity contribution in [2.45, 2.75) is 38.0 Å². The van der Waals surface area contributed by atoms with Gasteiger partial charge < -0.3 is 0 Å². The lowest BCUT2D eigenvalue weighted by Crippen LogP contribution is -2.07. The van der Waals surface area contributed by atoms with E-state index in [4.69, 9.17) is 0 Å². The molecule has 0 saturated heterocycles. The van der Waals surface area contributed by atoms with Crippen molar-refractivity contribution >= 4 is 15.8 Å². The minimum atomic E-state index is 0.0962. The zero-order valence-corrected chi connectivity index (χ0v) is 15.6. The third-order valence-corrected chi connectivity index (χ3v) is 8.40. The van der Waals surface area contributed by atoms with Crippen molar-refractivity contribution in [3.05, 3.63) is 46.6 Å². The Morgan fingerprint density at radius 1 is 0.750 bits per heavy atom. The minimum Gasteiger partial charge on any atom is -0.106 e. The van der Waals surface area contributed by atoms with Gasteiger partial charge in [-0.05, 0) is 61.8 Å². The number of hydrogen-bond acceptors (Lipinski definition) is 0. The van der Waals surface area contributed by atoms with Gasteiger partial charge in [-0.1, -0.05) is 38.2 Å². The van der Waals surface area contributed by atoms with E-state index in [0.717, 1.165) is 24.2 Å². The maximum absolute atomic E-state index is 2.41. The molecule has 2 aliphatic carbocycles. The number of rotatable bonds is 5. The van der Waals surface area contributed by atoms with Crippen molar-refractivity contribution in [1.82, 2.24) is 0 Å². The van der Waals surface area contributed by atoms with E-state index in [9.17, 15) is 0 Å². The molecule has 0 bridgehead atoms. The van der Waals surface area contributed by atoms with Crippen molar-refractivity contribution in [2.24, 2.45) is 0 Å². The molecule has 0 radical (unpaired) electrons. The van der Waals surface area contributed by atoms with Crippen LogP contribution in [0.3, 0.4) is 0 Å². The molecule has 2 heteroatoms. The van der Waals surface area contributed by atoms with E-state index in [-0.39, 0.29) is 15.8 Å². The molecule has 0 amide bonds. The van der Waals surface area contributed by atoms with Crippen LogP contribution in [0.1, 0.15) is 26.7 Å². The maximum Gasteiger partial charge on any atom is 0.00113 e. The molecule has 0 unspecified atom stereocenters. The van der Waals surface area contributed by atoms with Crippen LogP contribution in [0.5, 0.6) is 0 Å². The van der Waals surface area contributed by atoms with Crippen LogP contribution in [0.4, 0.5) is 0 Å². The van der Waals surface area contributed by atoms with Crippen LogP contribution in [-0.2, 0) is 0 Å². The van der Waals surface area contributed by atoms with Crippen LogP contribution in [0.2, 0.25) is 0 Å². The van der Waals surface area contributed by atoms with E-state index < -0.39 is 0 Å². The predicted octanol–water partition coefficient (Wildman–Crippen LogP) is 5.76. The van der Waals surface area contributed by atoms with E-state index in [1.54, 1.807) is 22.3 Å². The monoisotopic (exact) mass is 306 g/mol. The normalized spacial score (nSPS) is 21.8. The second kappa shape index (κ2) is 6.72. The van der Waals surface area contributed by atoms with Crippen LogP contribution in [0.15, 0.2) is 46.6 Å². The lowest BCUT2D eigenvalue weighted by Gasteiger charge is -2.23. The molecule has 0 aromatic heterocycles. The average molecular weight is 306 g/mol. The van der Waals surface area contributed by atoms with Gasteiger partial charge in [0.15, 0.2) is 0 Å². The minimum absolute atomic E-state index is 0.0962. The fourth-order valence-corrected chi connectivity index (χ4v) is 4.57. The molecule has 0 saturated carbocycles. The van der Waals surface area contributed by atoms with Crippen molar-refractivity contribution in [3.8, 4) is 0 Å². The average Bonchev–Trinajstić information content (AvgIpc) is 3.04. The third-order valence-electron chi connectivity index (χ3n) is 4.75. The van der Waals surface area contributed by atoms with E-state index in [0.29, 0.717) is 0 Å². The van der Waals surface area contributed by atoms with E-state index >= 15 is 0 Å². The van der Waals surface area contributed by atoms with Gasteiger partial charge >= 0.3 is 0 Å². The first-order valence-electron chi connectivity index (χ1n) is 7.55. The molecular formula is C18H28P2. The second-order valence-corrected chi connectivity index (χ2v) is 11.8. The number of hydrogen-bond donors (Lipinski definition) is 0. The van der Waals surface area contributed by atoms with Gasteiger partial charge in [-0.3, -0.25) is 0 Å². The Morgan fingerprint density at radius 3 is 1.40 bits per heavy atom. The summed E-state index contributed by atoms with van der Waals surface area (Å²) in [5, 5.41) is 0. The maximum atomic E-state index is 2.41. The molecule has 110 valence electrons. The summed E-state index contributed by atoms with van der Waals surface area (Å²) in [4.78, 5) is 0. The molecule has 0 nitrogen and oxygen atoms in total. The van der Waals surface area contributed by atoms with Crippen molar-refractivity contribution in [1.29, 1.82) is 0 Å². The summed E-state index contributed by atoms with van der Waals surface area (Å²) in [6.45, 7) is 14.4. The van der Waals surface area contributed by atoms with Crippen LogP contribution in [0.25, 0.3) is 0 Å². The molecule has 0 spiro atoms. The Kier molecular flexibility index (Phi) is 5.44. The van der Waals surface area contributed by atoms with Crippen LogP contribution in [0, 0.1) is 0 Å².